The van der Waals surface area contributed by atoms with Crippen LogP contribution < -0.4 is 10.6 Å². The third-order valence-electron chi connectivity index (χ3n) is 3.06. The molecule has 4 heteroatoms. The Morgan fingerprint density at radius 2 is 1.60 bits per heavy atom. The van der Waals surface area contributed by atoms with Crippen molar-refractivity contribution in [2.24, 2.45) is 0 Å². The first-order chi connectivity index (χ1) is 9.51. The fourth-order valence-corrected chi connectivity index (χ4v) is 2.57. The number of amides is 1. The van der Waals surface area contributed by atoms with Gasteiger partial charge in [-0.3, -0.25) is 4.79 Å². The quantitative estimate of drug-likeness (QED) is 0.876. The van der Waals surface area contributed by atoms with Gasteiger partial charge in [0.25, 0.3) is 5.91 Å². The highest BCUT2D eigenvalue weighted by molar-refractivity contribution is 9.10. The van der Waals surface area contributed by atoms with Crippen LogP contribution >= 0.6 is 15.9 Å². The highest BCUT2D eigenvalue weighted by Gasteiger charge is 2.12. The van der Waals surface area contributed by atoms with E-state index in [4.69, 9.17) is 0 Å². The van der Waals surface area contributed by atoms with Crippen molar-refractivity contribution >= 4 is 33.2 Å². The number of benzene rings is 2. The zero-order valence-electron chi connectivity index (χ0n) is 11.8. The Hall–Kier alpha value is -1.81. The molecule has 0 saturated carbocycles. The summed E-state index contributed by atoms with van der Waals surface area (Å²) in [5.74, 6) is -0.123. The molecule has 0 spiro atoms. The predicted octanol–water partition coefficient (Wildman–Crippen LogP) is 4.36. The minimum Gasteiger partial charge on any atom is -0.387 e. The van der Waals surface area contributed by atoms with Crippen LogP contribution in [0, 0.1) is 13.8 Å². The van der Waals surface area contributed by atoms with Crippen LogP contribution in [-0.4, -0.2) is 13.0 Å². The lowest BCUT2D eigenvalue weighted by Gasteiger charge is -2.12. The van der Waals surface area contributed by atoms with E-state index < -0.39 is 0 Å². The van der Waals surface area contributed by atoms with Crippen LogP contribution in [0.3, 0.4) is 0 Å². The van der Waals surface area contributed by atoms with Crippen LogP contribution in [0.25, 0.3) is 0 Å². The molecule has 1 amide bonds. The third-order valence-corrected chi connectivity index (χ3v) is 3.72. The second-order valence-electron chi connectivity index (χ2n) is 4.74. The summed E-state index contributed by atoms with van der Waals surface area (Å²) < 4.78 is 0.879. The molecule has 0 aliphatic carbocycles. The van der Waals surface area contributed by atoms with E-state index in [0.29, 0.717) is 5.56 Å². The van der Waals surface area contributed by atoms with Crippen LogP contribution in [0.4, 0.5) is 11.4 Å². The minimum atomic E-state index is -0.123. The van der Waals surface area contributed by atoms with E-state index in [1.54, 1.807) is 0 Å². The molecule has 0 aliphatic heterocycles. The molecule has 0 heterocycles. The van der Waals surface area contributed by atoms with Gasteiger partial charge in [-0.15, -0.1) is 0 Å². The second kappa shape index (κ2) is 6.09. The average Bonchev–Trinajstić information content (AvgIpc) is 2.41. The van der Waals surface area contributed by atoms with Gasteiger partial charge in [-0.1, -0.05) is 17.7 Å². The molecule has 0 aliphatic rings. The summed E-state index contributed by atoms with van der Waals surface area (Å²) >= 11 is 3.47. The Labute approximate surface area is 127 Å². The summed E-state index contributed by atoms with van der Waals surface area (Å²) in [6.45, 7) is 3.98. The summed E-state index contributed by atoms with van der Waals surface area (Å²) in [7, 11) is 1.81. The van der Waals surface area contributed by atoms with Crippen molar-refractivity contribution in [3.05, 3.63) is 57.6 Å². The summed E-state index contributed by atoms with van der Waals surface area (Å²) in [4.78, 5) is 12.4. The Bertz CT molecular complexity index is 653. The monoisotopic (exact) mass is 332 g/mol. The standard InChI is InChI=1S/C16H17BrN2O/c1-10-4-6-14(18-3)12(8-10)16(20)19-15-7-5-11(2)9-13(15)17/h4-9,18H,1-3H3,(H,19,20). The summed E-state index contributed by atoms with van der Waals surface area (Å²) in [5, 5.41) is 5.97. The molecule has 0 radical (unpaired) electrons. The van der Waals surface area contributed by atoms with Gasteiger partial charge < -0.3 is 10.6 Å². The summed E-state index contributed by atoms with van der Waals surface area (Å²) in [6.07, 6.45) is 0. The second-order valence-corrected chi connectivity index (χ2v) is 5.59. The van der Waals surface area contributed by atoms with E-state index >= 15 is 0 Å². The number of halogens is 1. The molecule has 0 fully saturated rings. The van der Waals surface area contributed by atoms with Gasteiger partial charge in [0.2, 0.25) is 0 Å². The van der Waals surface area contributed by atoms with E-state index in [1.807, 2.05) is 57.3 Å². The first kappa shape index (κ1) is 14.6. The molecular formula is C16H17BrN2O. The number of hydrogen-bond donors (Lipinski definition) is 2. The maximum Gasteiger partial charge on any atom is 0.257 e. The maximum atomic E-state index is 12.4. The first-order valence-corrected chi connectivity index (χ1v) is 7.16. The van der Waals surface area contributed by atoms with Gasteiger partial charge in [-0.05, 0) is 59.6 Å². The normalized spacial score (nSPS) is 10.2. The largest absolute Gasteiger partial charge is 0.387 e. The molecular weight excluding hydrogens is 316 g/mol. The number of anilines is 2. The molecule has 20 heavy (non-hydrogen) atoms. The molecule has 0 aromatic heterocycles. The van der Waals surface area contributed by atoms with Crippen molar-refractivity contribution in [3.8, 4) is 0 Å². The van der Waals surface area contributed by atoms with Crippen molar-refractivity contribution in [1.82, 2.24) is 0 Å². The van der Waals surface area contributed by atoms with Crippen molar-refractivity contribution in [3.63, 3.8) is 0 Å². The van der Waals surface area contributed by atoms with E-state index in [-0.39, 0.29) is 5.91 Å². The van der Waals surface area contributed by atoms with Gasteiger partial charge in [-0.2, -0.15) is 0 Å². The molecule has 3 nitrogen and oxygen atoms in total. The molecule has 0 unspecified atom stereocenters. The molecule has 0 saturated heterocycles. The predicted molar refractivity (Wildman–Crippen MR) is 87.6 cm³/mol. The molecule has 104 valence electrons. The van der Waals surface area contributed by atoms with E-state index in [0.717, 1.165) is 27.0 Å². The van der Waals surface area contributed by atoms with Gasteiger partial charge in [0.1, 0.15) is 0 Å². The van der Waals surface area contributed by atoms with Crippen LogP contribution in [0.2, 0.25) is 0 Å². The van der Waals surface area contributed by atoms with Gasteiger partial charge in [0.15, 0.2) is 0 Å². The van der Waals surface area contributed by atoms with Crippen molar-refractivity contribution in [1.29, 1.82) is 0 Å². The minimum absolute atomic E-state index is 0.123. The van der Waals surface area contributed by atoms with Crippen LogP contribution in [0.5, 0.6) is 0 Å². The zero-order chi connectivity index (χ0) is 14.7. The number of carbonyl (C=O) groups excluding carboxylic acids is 1. The Kier molecular flexibility index (Phi) is 4.45. The van der Waals surface area contributed by atoms with Gasteiger partial charge in [0.05, 0.1) is 11.3 Å². The Morgan fingerprint density at radius 3 is 2.20 bits per heavy atom. The topological polar surface area (TPSA) is 41.1 Å². The molecule has 0 bridgehead atoms. The van der Waals surface area contributed by atoms with Gasteiger partial charge in [0, 0.05) is 17.2 Å². The third kappa shape index (κ3) is 3.20. The Morgan fingerprint density at radius 1 is 1.00 bits per heavy atom. The van der Waals surface area contributed by atoms with E-state index in [9.17, 15) is 4.79 Å². The fourth-order valence-electron chi connectivity index (χ4n) is 1.98. The fraction of sp³-hybridized carbons (Fsp3) is 0.188. The molecule has 0 atom stereocenters. The zero-order valence-corrected chi connectivity index (χ0v) is 13.3. The number of rotatable bonds is 3. The number of carbonyl (C=O) groups is 1. The van der Waals surface area contributed by atoms with E-state index in [2.05, 4.69) is 26.6 Å². The van der Waals surface area contributed by atoms with Crippen LogP contribution in [0.15, 0.2) is 40.9 Å². The molecule has 2 N–H and O–H groups in total. The van der Waals surface area contributed by atoms with Crippen molar-refractivity contribution < 1.29 is 4.79 Å². The Balaban J connectivity index is 2.30. The summed E-state index contributed by atoms with van der Waals surface area (Å²) in [5.41, 5.74) is 4.42. The first-order valence-electron chi connectivity index (χ1n) is 6.37. The maximum absolute atomic E-state index is 12.4. The number of nitrogens with one attached hydrogen (secondary N) is 2. The lowest BCUT2D eigenvalue weighted by atomic mass is 10.1. The lowest BCUT2D eigenvalue weighted by Crippen LogP contribution is -2.14. The summed E-state index contributed by atoms with van der Waals surface area (Å²) in [6, 6.07) is 11.6. The van der Waals surface area contributed by atoms with Crippen molar-refractivity contribution in [2.75, 3.05) is 17.7 Å². The SMILES string of the molecule is CNc1ccc(C)cc1C(=O)Nc1ccc(C)cc1Br. The lowest BCUT2D eigenvalue weighted by molar-refractivity contribution is 0.102. The number of aryl methyl sites for hydroxylation is 2. The average molecular weight is 333 g/mol. The van der Waals surface area contributed by atoms with Gasteiger partial charge in [-0.25, -0.2) is 0 Å². The molecule has 2 aromatic carbocycles. The van der Waals surface area contributed by atoms with Gasteiger partial charge >= 0.3 is 0 Å². The molecule has 2 rings (SSSR count). The van der Waals surface area contributed by atoms with E-state index in [1.165, 1.54) is 0 Å². The number of hydrogen-bond acceptors (Lipinski definition) is 2. The molecule has 2 aromatic rings. The smallest absolute Gasteiger partial charge is 0.257 e. The van der Waals surface area contributed by atoms with Crippen LogP contribution in [0.1, 0.15) is 21.5 Å². The highest BCUT2D eigenvalue weighted by atomic mass is 79.9. The van der Waals surface area contributed by atoms with Crippen molar-refractivity contribution in [2.45, 2.75) is 13.8 Å². The van der Waals surface area contributed by atoms with Crippen LogP contribution in [-0.2, 0) is 0 Å². The highest BCUT2D eigenvalue weighted by Crippen LogP contribution is 2.25.